The fourth-order valence-corrected chi connectivity index (χ4v) is 3.35. The predicted octanol–water partition coefficient (Wildman–Crippen LogP) is 3.02. The van der Waals surface area contributed by atoms with Gasteiger partial charge in [-0.15, -0.1) is 0 Å². The average molecular weight is 392 g/mol. The summed E-state index contributed by atoms with van der Waals surface area (Å²) >= 11 is 0. The van der Waals surface area contributed by atoms with Crippen LogP contribution in [0.2, 0.25) is 0 Å². The van der Waals surface area contributed by atoms with Crippen LogP contribution < -0.4 is 10.6 Å². The van der Waals surface area contributed by atoms with Crippen LogP contribution in [0, 0.1) is 5.82 Å². The monoisotopic (exact) mass is 392 g/mol. The van der Waals surface area contributed by atoms with Crippen molar-refractivity contribution in [2.75, 3.05) is 24.2 Å². The summed E-state index contributed by atoms with van der Waals surface area (Å²) in [6.45, 7) is 0.612. The number of rotatable bonds is 6. The van der Waals surface area contributed by atoms with E-state index < -0.39 is 5.82 Å². The number of anilines is 2. The fourth-order valence-electron chi connectivity index (χ4n) is 3.35. The molecule has 0 atom stereocenters. The molecule has 148 valence electrons. The Bertz CT molecular complexity index is 1180. The number of pyridine rings is 1. The SMILES string of the molecule is CN(CCc1ccc2[nH]ccc2n1)c1nc(N)c(F)c(-c2cc(C3CC3)[nH]n2)n1. The Morgan fingerprint density at radius 3 is 2.90 bits per heavy atom. The van der Waals surface area contributed by atoms with Crippen molar-refractivity contribution in [3.8, 4) is 11.4 Å². The van der Waals surface area contributed by atoms with Crippen molar-refractivity contribution in [3.63, 3.8) is 0 Å². The largest absolute Gasteiger partial charge is 0.381 e. The van der Waals surface area contributed by atoms with Crippen molar-refractivity contribution in [1.29, 1.82) is 0 Å². The molecule has 0 unspecified atom stereocenters. The van der Waals surface area contributed by atoms with Gasteiger partial charge in [-0.05, 0) is 37.1 Å². The number of aromatic nitrogens is 6. The van der Waals surface area contributed by atoms with Crippen LogP contribution in [0.15, 0.2) is 30.5 Å². The van der Waals surface area contributed by atoms with Crippen LogP contribution in [0.3, 0.4) is 0 Å². The van der Waals surface area contributed by atoms with Crippen LogP contribution in [0.5, 0.6) is 0 Å². The number of H-pyrrole nitrogens is 2. The third kappa shape index (κ3) is 3.39. The van der Waals surface area contributed by atoms with Gasteiger partial charge < -0.3 is 15.6 Å². The Morgan fingerprint density at radius 2 is 2.07 bits per heavy atom. The lowest BCUT2D eigenvalue weighted by molar-refractivity contribution is 0.622. The van der Waals surface area contributed by atoms with Crippen LogP contribution in [0.25, 0.3) is 22.4 Å². The minimum Gasteiger partial charge on any atom is -0.381 e. The van der Waals surface area contributed by atoms with E-state index in [-0.39, 0.29) is 11.5 Å². The van der Waals surface area contributed by atoms with Crippen molar-refractivity contribution in [1.82, 2.24) is 30.1 Å². The molecule has 0 radical (unpaired) electrons. The molecule has 0 saturated heterocycles. The van der Waals surface area contributed by atoms with Gasteiger partial charge in [0, 0.05) is 43.5 Å². The quantitative estimate of drug-likeness (QED) is 0.465. The fraction of sp³-hybridized carbons (Fsp3) is 0.300. The van der Waals surface area contributed by atoms with Gasteiger partial charge in [-0.2, -0.15) is 10.1 Å². The van der Waals surface area contributed by atoms with Gasteiger partial charge in [-0.1, -0.05) is 0 Å². The van der Waals surface area contributed by atoms with Gasteiger partial charge in [0.05, 0.1) is 11.0 Å². The third-order valence-electron chi connectivity index (χ3n) is 5.23. The number of hydrogen-bond donors (Lipinski definition) is 3. The maximum atomic E-state index is 14.6. The number of likely N-dealkylation sites (N-methyl/N-ethyl adjacent to an activating group) is 1. The molecule has 5 rings (SSSR count). The molecule has 0 amide bonds. The number of nitrogens with two attached hydrogens (primary N) is 1. The van der Waals surface area contributed by atoms with E-state index in [4.69, 9.17) is 5.73 Å². The smallest absolute Gasteiger partial charge is 0.227 e. The topological polar surface area (TPSA) is 112 Å². The standard InChI is InChI=1S/C20H21FN8/c1-29(9-7-12-4-5-13-14(24-12)6-8-23-13)20-25-18(17(21)19(22)26-20)16-10-15(27-28-16)11-2-3-11/h4-6,8,10-11,23H,2-3,7,9H2,1H3,(H,27,28)(H2,22,25,26). The van der Waals surface area contributed by atoms with Gasteiger partial charge in [-0.3, -0.25) is 10.1 Å². The van der Waals surface area contributed by atoms with Crippen LogP contribution in [0.4, 0.5) is 16.2 Å². The highest BCUT2D eigenvalue weighted by atomic mass is 19.1. The Morgan fingerprint density at radius 1 is 1.21 bits per heavy atom. The van der Waals surface area contributed by atoms with Gasteiger partial charge in [0.25, 0.3) is 0 Å². The summed E-state index contributed by atoms with van der Waals surface area (Å²) in [7, 11) is 1.85. The van der Waals surface area contributed by atoms with Crippen molar-refractivity contribution >= 4 is 22.8 Å². The second-order valence-electron chi connectivity index (χ2n) is 7.44. The van der Waals surface area contributed by atoms with Gasteiger partial charge >= 0.3 is 0 Å². The van der Waals surface area contributed by atoms with E-state index >= 15 is 0 Å². The van der Waals surface area contributed by atoms with E-state index in [1.807, 2.05) is 42.4 Å². The van der Waals surface area contributed by atoms with E-state index in [1.54, 1.807) is 0 Å². The summed E-state index contributed by atoms with van der Waals surface area (Å²) in [6.07, 6.45) is 4.83. The van der Waals surface area contributed by atoms with Crippen molar-refractivity contribution in [3.05, 3.63) is 47.7 Å². The maximum absolute atomic E-state index is 14.6. The first kappa shape index (κ1) is 17.6. The number of hydrogen-bond acceptors (Lipinski definition) is 6. The summed E-state index contributed by atoms with van der Waals surface area (Å²) < 4.78 is 14.6. The van der Waals surface area contributed by atoms with Crippen LogP contribution in [-0.2, 0) is 6.42 Å². The van der Waals surface area contributed by atoms with Gasteiger partial charge in [0.15, 0.2) is 11.6 Å². The van der Waals surface area contributed by atoms with Crippen LogP contribution in [-0.4, -0.2) is 43.7 Å². The highest BCUT2D eigenvalue weighted by Crippen LogP contribution is 2.40. The Kier molecular flexibility index (Phi) is 4.15. The number of nitrogens with one attached hydrogen (secondary N) is 2. The lowest BCUT2D eigenvalue weighted by Crippen LogP contribution is -2.24. The van der Waals surface area contributed by atoms with E-state index in [2.05, 4.69) is 30.1 Å². The summed E-state index contributed by atoms with van der Waals surface area (Å²) in [6, 6.07) is 7.79. The maximum Gasteiger partial charge on any atom is 0.227 e. The molecule has 4 aromatic heterocycles. The Labute approximate surface area is 166 Å². The van der Waals surface area contributed by atoms with E-state index in [1.165, 1.54) is 0 Å². The first-order valence-corrected chi connectivity index (χ1v) is 9.61. The molecule has 0 bridgehead atoms. The van der Waals surface area contributed by atoms with Crippen molar-refractivity contribution in [2.24, 2.45) is 0 Å². The number of aromatic amines is 2. The first-order valence-electron chi connectivity index (χ1n) is 9.61. The molecule has 8 nitrogen and oxygen atoms in total. The molecular formula is C20H21FN8. The third-order valence-corrected chi connectivity index (χ3v) is 5.23. The lowest BCUT2D eigenvalue weighted by atomic mass is 10.2. The molecule has 1 fully saturated rings. The Hall–Kier alpha value is -3.49. The molecule has 4 aromatic rings. The normalized spacial score (nSPS) is 13.9. The lowest BCUT2D eigenvalue weighted by Gasteiger charge is -2.18. The average Bonchev–Trinajstić information content (AvgIpc) is 3.26. The Balaban J connectivity index is 1.36. The predicted molar refractivity (Wildman–Crippen MR) is 109 cm³/mol. The first-order chi connectivity index (χ1) is 14.1. The van der Waals surface area contributed by atoms with Crippen molar-refractivity contribution < 1.29 is 4.39 Å². The van der Waals surface area contributed by atoms with Gasteiger partial charge in [0.1, 0.15) is 11.4 Å². The zero-order valence-corrected chi connectivity index (χ0v) is 16.0. The number of nitrogens with zero attached hydrogens (tertiary/aromatic N) is 5. The minimum absolute atomic E-state index is 0.120. The molecule has 0 aromatic carbocycles. The van der Waals surface area contributed by atoms with Crippen LogP contribution >= 0.6 is 0 Å². The van der Waals surface area contributed by atoms with E-state index in [9.17, 15) is 4.39 Å². The molecule has 1 saturated carbocycles. The van der Waals surface area contributed by atoms with Crippen LogP contribution in [0.1, 0.15) is 30.1 Å². The van der Waals surface area contributed by atoms with E-state index in [0.717, 1.165) is 35.3 Å². The number of nitrogen functional groups attached to an aromatic ring is 1. The molecule has 4 N–H and O–H groups in total. The summed E-state index contributed by atoms with van der Waals surface area (Å²) in [5.74, 6) is 0.0263. The van der Waals surface area contributed by atoms with Crippen molar-refractivity contribution in [2.45, 2.75) is 25.2 Å². The van der Waals surface area contributed by atoms with Gasteiger partial charge in [-0.25, -0.2) is 9.37 Å². The molecule has 4 heterocycles. The summed E-state index contributed by atoms with van der Waals surface area (Å²) in [4.78, 5) is 18.1. The minimum atomic E-state index is -0.643. The molecule has 29 heavy (non-hydrogen) atoms. The zero-order chi connectivity index (χ0) is 20.0. The van der Waals surface area contributed by atoms with E-state index in [0.29, 0.717) is 30.5 Å². The molecule has 1 aliphatic carbocycles. The van der Waals surface area contributed by atoms with Gasteiger partial charge in [0.2, 0.25) is 5.95 Å². The summed E-state index contributed by atoms with van der Waals surface area (Å²) in [5.41, 5.74) is 10.3. The molecular weight excluding hydrogens is 371 g/mol. The molecule has 0 aliphatic heterocycles. The highest BCUT2D eigenvalue weighted by molar-refractivity contribution is 5.74. The second-order valence-corrected chi connectivity index (χ2v) is 7.44. The number of halogens is 1. The molecule has 9 heteroatoms. The molecule has 1 aliphatic rings. The zero-order valence-electron chi connectivity index (χ0n) is 16.0. The highest BCUT2D eigenvalue weighted by Gasteiger charge is 2.27. The second kappa shape index (κ2) is 6.84. The number of fused-ring (bicyclic) bond motifs is 1. The summed E-state index contributed by atoms with van der Waals surface area (Å²) in [5, 5.41) is 7.20. The molecule has 0 spiro atoms.